The molecule has 4 rings (SSSR count). The third-order valence-corrected chi connectivity index (χ3v) is 4.37. The molecule has 1 aromatic carbocycles. The third kappa shape index (κ3) is 3.19. The van der Waals surface area contributed by atoms with Crippen molar-refractivity contribution in [2.45, 2.75) is 12.8 Å². The first-order chi connectivity index (χ1) is 11.8. The molecule has 2 N–H and O–H groups in total. The van der Waals surface area contributed by atoms with E-state index >= 15 is 0 Å². The molecule has 1 aromatic heterocycles. The van der Waals surface area contributed by atoms with E-state index in [0.717, 1.165) is 25.1 Å². The topological polar surface area (TPSA) is 72.5 Å². The summed E-state index contributed by atoms with van der Waals surface area (Å²) in [6.07, 6.45) is 5.56. The molecule has 0 radical (unpaired) electrons. The van der Waals surface area contributed by atoms with E-state index in [4.69, 9.17) is 9.47 Å². The lowest BCUT2D eigenvalue weighted by Crippen LogP contribution is -2.14. The predicted octanol–water partition coefficient (Wildman–Crippen LogP) is 2.21. The Labute approximate surface area is 140 Å². The molecule has 6 heteroatoms. The molecular weight excluding hydrogens is 306 g/mol. The van der Waals surface area contributed by atoms with Crippen LogP contribution in [0.1, 0.15) is 22.3 Å². The highest BCUT2D eigenvalue weighted by Gasteiger charge is 2.17. The standard InChI is InChI=1S/C18H19N3O3/c22-18(21-15-1-2-16-17(7-15)24-11-23-16)14-6-13(9-20-10-14)5-12-3-4-19-8-12/h1-2,6-7,9-10,12,19H,3-5,8,11H2,(H,21,22). The Balaban J connectivity index is 1.45. The van der Waals surface area contributed by atoms with Gasteiger partial charge in [0.05, 0.1) is 5.56 Å². The van der Waals surface area contributed by atoms with Gasteiger partial charge in [-0.25, -0.2) is 0 Å². The lowest BCUT2D eigenvalue weighted by Gasteiger charge is -2.10. The number of aromatic nitrogens is 1. The molecule has 2 aromatic rings. The Hall–Kier alpha value is -2.60. The number of hydrogen-bond acceptors (Lipinski definition) is 5. The summed E-state index contributed by atoms with van der Waals surface area (Å²) >= 11 is 0. The zero-order valence-corrected chi connectivity index (χ0v) is 13.2. The minimum absolute atomic E-state index is 0.173. The van der Waals surface area contributed by atoms with Gasteiger partial charge in [0, 0.05) is 24.1 Å². The summed E-state index contributed by atoms with van der Waals surface area (Å²) in [6.45, 7) is 2.32. The highest BCUT2D eigenvalue weighted by molar-refractivity contribution is 6.04. The number of pyridine rings is 1. The van der Waals surface area contributed by atoms with Crippen molar-refractivity contribution in [3.63, 3.8) is 0 Å². The summed E-state index contributed by atoms with van der Waals surface area (Å²) in [5.41, 5.74) is 2.34. The first kappa shape index (κ1) is 15.0. The van der Waals surface area contributed by atoms with E-state index in [0.29, 0.717) is 28.7 Å². The van der Waals surface area contributed by atoms with Crippen LogP contribution in [0.25, 0.3) is 0 Å². The van der Waals surface area contributed by atoms with Crippen molar-refractivity contribution in [3.8, 4) is 11.5 Å². The Kier molecular flexibility index (Phi) is 4.04. The molecular formula is C18H19N3O3. The van der Waals surface area contributed by atoms with E-state index in [9.17, 15) is 4.79 Å². The van der Waals surface area contributed by atoms with Crippen molar-refractivity contribution >= 4 is 11.6 Å². The van der Waals surface area contributed by atoms with Crippen LogP contribution in [0.3, 0.4) is 0 Å². The van der Waals surface area contributed by atoms with E-state index < -0.39 is 0 Å². The summed E-state index contributed by atoms with van der Waals surface area (Å²) in [7, 11) is 0. The van der Waals surface area contributed by atoms with Crippen molar-refractivity contribution < 1.29 is 14.3 Å². The van der Waals surface area contributed by atoms with Gasteiger partial charge in [-0.2, -0.15) is 0 Å². The first-order valence-electron chi connectivity index (χ1n) is 8.13. The number of benzene rings is 1. The average molecular weight is 325 g/mol. The maximum absolute atomic E-state index is 12.5. The van der Waals surface area contributed by atoms with Crippen molar-refractivity contribution in [2.24, 2.45) is 5.92 Å². The van der Waals surface area contributed by atoms with Gasteiger partial charge in [-0.05, 0) is 55.6 Å². The summed E-state index contributed by atoms with van der Waals surface area (Å²) in [4.78, 5) is 16.7. The SMILES string of the molecule is O=C(Nc1ccc2c(c1)OCO2)c1cncc(CC2CCNC2)c1. The van der Waals surface area contributed by atoms with Gasteiger partial charge < -0.3 is 20.1 Å². The predicted molar refractivity (Wildman–Crippen MR) is 89.4 cm³/mol. The van der Waals surface area contributed by atoms with Crippen LogP contribution in [0.4, 0.5) is 5.69 Å². The fraction of sp³-hybridized carbons (Fsp3) is 0.333. The number of ether oxygens (including phenoxy) is 2. The van der Waals surface area contributed by atoms with Crippen LogP contribution in [-0.4, -0.2) is 30.8 Å². The van der Waals surface area contributed by atoms with E-state index in [1.807, 2.05) is 12.3 Å². The number of nitrogens with one attached hydrogen (secondary N) is 2. The molecule has 24 heavy (non-hydrogen) atoms. The number of anilines is 1. The molecule has 1 fully saturated rings. The minimum Gasteiger partial charge on any atom is -0.454 e. The van der Waals surface area contributed by atoms with Gasteiger partial charge in [-0.15, -0.1) is 0 Å². The largest absolute Gasteiger partial charge is 0.454 e. The molecule has 2 aliphatic heterocycles. The van der Waals surface area contributed by atoms with Gasteiger partial charge in [0.1, 0.15) is 0 Å². The molecule has 1 amide bonds. The van der Waals surface area contributed by atoms with Crippen molar-refractivity contribution in [1.82, 2.24) is 10.3 Å². The molecule has 3 heterocycles. The highest BCUT2D eigenvalue weighted by Crippen LogP contribution is 2.34. The number of nitrogens with zero attached hydrogens (tertiary/aromatic N) is 1. The molecule has 6 nitrogen and oxygen atoms in total. The van der Waals surface area contributed by atoms with Crippen LogP contribution >= 0.6 is 0 Å². The van der Waals surface area contributed by atoms with Gasteiger partial charge in [-0.3, -0.25) is 9.78 Å². The van der Waals surface area contributed by atoms with Crippen LogP contribution in [0.2, 0.25) is 0 Å². The van der Waals surface area contributed by atoms with Crippen molar-refractivity contribution in [3.05, 3.63) is 47.8 Å². The van der Waals surface area contributed by atoms with Crippen LogP contribution in [0.5, 0.6) is 11.5 Å². The average Bonchev–Trinajstić information content (AvgIpc) is 3.26. The zero-order chi connectivity index (χ0) is 16.4. The number of amides is 1. The highest BCUT2D eigenvalue weighted by atomic mass is 16.7. The van der Waals surface area contributed by atoms with Crippen LogP contribution in [-0.2, 0) is 6.42 Å². The molecule has 1 saturated heterocycles. The summed E-state index contributed by atoms with van der Waals surface area (Å²) in [5.74, 6) is 1.79. The van der Waals surface area contributed by atoms with Gasteiger partial charge in [-0.1, -0.05) is 0 Å². The van der Waals surface area contributed by atoms with Crippen molar-refractivity contribution in [1.29, 1.82) is 0 Å². The summed E-state index contributed by atoms with van der Waals surface area (Å²) in [5, 5.41) is 6.24. The molecule has 2 aliphatic rings. The van der Waals surface area contributed by atoms with Crippen LogP contribution < -0.4 is 20.1 Å². The molecule has 1 atom stereocenters. The Morgan fingerprint density at radius 2 is 2.17 bits per heavy atom. The zero-order valence-electron chi connectivity index (χ0n) is 13.2. The van der Waals surface area contributed by atoms with E-state index in [1.165, 1.54) is 6.42 Å². The van der Waals surface area contributed by atoms with E-state index in [2.05, 4.69) is 15.6 Å². The molecule has 0 saturated carbocycles. The Morgan fingerprint density at radius 1 is 1.25 bits per heavy atom. The Bertz CT molecular complexity index is 757. The van der Waals surface area contributed by atoms with Crippen LogP contribution in [0.15, 0.2) is 36.7 Å². The number of carbonyl (C=O) groups is 1. The molecule has 124 valence electrons. The summed E-state index contributed by atoms with van der Waals surface area (Å²) < 4.78 is 10.6. The van der Waals surface area contributed by atoms with E-state index in [-0.39, 0.29) is 12.7 Å². The van der Waals surface area contributed by atoms with Gasteiger partial charge in [0.25, 0.3) is 5.91 Å². The number of rotatable bonds is 4. The second-order valence-electron chi connectivity index (χ2n) is 6.17. The first-order valence-corrected chi connectivity index (χ1v) is 8.13. The fourth-order valence-corrected chi connectivity index (χ4v) is 3.12. The second-order valence-corrected chi connectivity index (χ2v) is 6.17. The summed E-state index contributed by atoms with van der Waals surface area (Å²) in [6, 6.07) is 7.28. The quantitative estimate of drug-likeness (QED) is 0.902. The smallest absolute Gasteiger partial charge is 0.257 e. The van der Waals surface area contributed by atoms with Gasteiger partial charge >= 0.3 is 0 Å². The van der Waals surface area contributed by atoms with Gasteiger partial charge in [0.2, 0.25) is 6.79 Å². The maximum atomic E-state index is 12.5. The van der Waals surface area contributed by atoms with Crippen LogP contribution in [0, 0.1) is 5.92 Å². The fourth-order valence-electron chi connectivity index (χ4n) is 3.12. The number of carbonyl (C=O) groups excluding carboxylic acids is 1. The number of fused-ring (bicyclic) bond motifs is 1. The molecule has 0 bridgehead atoms. The van der Waals surface area contributed by atoms with E-state index in [1.54, 1.807) is 24.4 Å². The lowest BCUT2D eigenvalue weighted by molar-refractivity contribution is 0.102. The molecule has 1 unspecified atom stereocenters. The van der Waals surface area contributed by atoms with Gasteiger partial charge in [0.15, 0.2) is 11.5 Å². The second kappa shape index (κ2) is 6.49. The molecule has 0 spiro atoms. The lowest BCUT2D eigenvalue weighted by atomic mass is 9.99. The monoisotopic (exact) mass is 325 g/mol. The van der Waals surface area contributed by atoms with Crippen molar-refractivity contribution in [2.75, 3.05) is 25.2 Å². The minimum atomic E-state index is -0.173. The maximum Gasteiger partial charge on any atom is 0.257 e. The normalized spacial score (nSPS) is 18.6. The number of hydrogen-bond donors (Lipinski definition) is 2. The molecule has 0 aliphatic carbocycles. The Morgan fingerprint density at radius 3 is 3.04 bits per heavy atom. The third-order valence-electron chi connectivity index (χ3n) is 4.37.